The van der Waals surface area contributed by atoms with Crippen molar-refractivity contribution >= 4 is 46.3 Å². The van der Waals surface area contributed by atoms with E-state index >= 15 is 0 Å². The van der Waals surface area contributed by atoms with Crippen molar-refractivity contribution in [1.82, 2.24) is 4.90 Å². The van der Waals surface area contributed by atoms with Crippen LogP contribution in [0.4, 0.5) is 16.2 Å². The van der Waals surface area contributed by atoms with E-state index in [0.717, 1.165) is 16.7 Å². The lowest BCUT2D eigenvalue weighted by Crippen LogP contribution is -2.36. The van der Waals surface area contributed by atoms with E-state index in [1.807, 2.05) is 4.90 Å². The molecule has 2 saturated heterocycles. The predicted molar refractivity (Wildman–Crippen MR) is 118 cm³/mol. The van der Waals surface area contributed by atoms with Gasteiger partial charge in [0, 0.05) is 19.2 Å². The Kier molecular flexibility index (Phi) is 6.47. The standard InChI is InChI=1S/C21H19N3O8S/c1-30-20(26)17-5-3-14(32-17)12-23-19(25)18(33-21(23)27)11-13-2-4-15(16(10-13)24(28)29)22-6-8-31-9-7-22/h2-5,10-11H,6-9,12H2,1H3. The summed E-state index contributed by atoms with van der Waals surface area (Å²) in [6.45, 7) is 1.91. The van der Waals surface area contributed by atoms with Crippen molar-refractivity contribution in [3.05, 3.63) is 62.4 Å². The fourth-order valence-corrected chi connectivity index (χ4v) is 4.30. The zero-order valence-electron chi connectivity index (χ0n) is 17.5. The number of esters is 1. The van der Waals surface area contributed by atoms with Gasteiger partial charge in [-0.25, -0.2) is 4.79 Å². The molecule has 0 unspecified atom stereocenters. The molecule has 1 aromatic carbocycles. The number of benzene rings is 1. The molecule has 4 rings (SSSR count). The quantitative estimate of drug-likeness (QED) is 0.267. The summed E-state index contributed by atoms with van der Waals surface area (Å²) in [4.78, 5) is 50.9. The number of imide groups is 1. The lowest BCUT2D eigenvalue weighted by molar-refractivity contribution is -0.384. The first-order valence-electron chi connectivity index (χ1n) is 9.91. The average Bonchev–Trinajstić information content (AvgIpc) is 3.39. The molecule has 2 aromatic rings. The Hall–Kier alpha value is -3.64. The number of rotatable bonds is 6. The van der Waals surface area contributed by atoms with E-state index in [9.17, 15) is 24.5 Å². The normalized spacial score (nSPS) is 17.7. The van der Waals surface area contributed by atoms with Crippen molar-refractivity contribution in [2.75, 3.05) is 38.3 Å². The highest BCUT2D eigenvalue weighted by Gasteiger charge is 2.36. The molecule has 0 bridgehead atoms. The molecule has 0 radical (unpaired) electrons. The van der Waals surface area contributed by atoms with Gasteiger partial charge in [-0.1, -0.05) is 6.07 Å². The van der Waals surface area contributed by atoms with Crippen molar-refractivity contribution in [1.29, 1.82) is 0 Å². The second-order valence-electron chi connectivity index (χ2n) is 7.13. The van der Waals surface area contributed by atoms with Gasteiger partial charge in [0.15, 0.2) is 0 Å². The molecule has 11 nitrogen and oxygen atoms in total. The lowest BCUT2D eigenvalue weighted by atomic mass is 10.1. The smallest absolute Gasteiger partial charge is 0.373 e. The Morgan fingerprint density at radius 1 is 1.24 bits per heavy atom. The fraction of sp³-hybridized carbons (Fsp3) is 0.286. The van der Waals surface area contributed by atoms with Crippen LogP contribution < -0.4 is 4.90 Å². The number of carbonyl (C=O) groups excluding carboxylic acids is 3. The molecule has 0 atom stereocenters. The molecule has 2 fully saturated rings. The first-order valence-corrected chi connectivity index (χ1v) is 10.7. The summed E-state index contributed by atoms with van der Waals surface area (Å²) < 4.78 is 15.2. The Morgan fingerprint density at radius 3 is 2.70 bits per heavy atom. The van der Waals surface area contributed by atoms with Crippen LogP contribution in [0.3, 0.4) is 0 Å². The van der Waals surface area contributed by atoms with Gasteiger partial charge < -0.3 is 18.8 Å². The van der Waals surface area contributed by atoms with Crippen LogP contribution in [0.2, 0.25) is 0 Å². The van der Waals surface area contributed by atoms with E-state index in [2.05, 4.69) is 4.74 Å². The van der Waals surface area contributed by atoms with E-state index in [0.29, 0.717) is 37.6 Å². The van der Waals surface area contributed by atoms with Gasteiger partial charge in [0.1, 0.15) is 11.4 Å². The number of nitrogens with zero attached hydrogens (tertiary/aromatic N) is 3. The zero-order chi connectivity index (χ0) is 23.5. The molecular weight excluding hydrogens is 454 g/mol. The second-order valence-corrected chi connectivity index (χ2v) is 8.12. The molecular formula is C21H19N3O8S. The van der Waals surface area contributed by atoms with Crippen LogP contribution in [-0.4, -0.2) is 60.4 Å². The number of hydrogen-bond acceptors (Lipinski definition) is 10. The highest BCUT2D eigenvalue weighted by molar-refractivity contribution is 8.18. The Morgan fingerprint density at radius 2 is 2.00 bits per heavy atom. The lowest BCUT2D eigenvalue weighted by Gasteiger charge is -2.28. The molecule has 0 N–H and O–H groups in total. The molecule has 1 aromatic heterocycles. The van der Waals surface area contributed by atoms with E-state index in [4.69, 9.17) is 9.15 Å². The third kappa shape index (κ3) is 4.76. The minimum absolute atomic E-state index is 0.0392. The molecule has 0 saturated carbocycles. The van der Waals surface area contributed by atoms with Gasteiger partial charge in [0.05, 0.1) is 36.7 Å². The fourth-order valence-electron chi connectivity index (χ4n) is 3.46. The van der Waals surface area contributed by atoms with Crippen LogP contribution in [-0.2, 0) is 20.8 Å². The van der Waals surface area contributed by atoms with Gasteiger partial charge >= 0.3 is 5.97 Å². The Balaban J connectivity index is 1.54. The van der Waals surface area contributed by atoms with Crippen LogP contribution in [0.15, 0.2) is 39.7 Å². The molecule has 3 heterocycles. The number of nitro groups is 1. The van der Waals surface area contributed by atoms with Crippen LogP contribution in [0.5, 0.6) is 0 Å². The van der Waals surface area contributed by atoms with Gasteiger partial charge in [0.2, 0.25) is 5.76 Å². The van der Waals surface area contributed by atoms with Gasteiger partial charge in [-0.05, 0) is 41.6 Å². The van der Waals surface area contributed by atoms with Crippen LogP contribution in [0.25, 0.3) is 6.08 Å². The van der Waals surface area contributed by atoms with Crippen molar-refractivity contribution < 1.29 is 33.2 Å². The third-order valence-electron chi connectivity index (χ3n) is 5.08. The van der Waals surface area contributed by atoms with Crippen LogP contribution in [0.1, 0.15) is 21.9 Å². The van der Waals surface area contributed by atoms with Crippen molar-refractivity contribution in [3.8, 4) is 0 Å². The van der Waals surface area contributed by atoms with Gasteiger partial charge in [-0.2, -0.15) is 0 Å². The second kappa shape index (κ2) is 9.46. The maximum absolute atomic E-state index is 12.8. The first-order chi connectivity index (χ1) is 15.9. The summed E-state index contributed by atoms with van der Waals surface area (Å²) in [7, 11) is 1.21. The zero-order valence-corrected chi connectivity index (χ0v) is 18.3. The number of methoxy groups -OCH3 is 1. The van der Waals surface area contributed by atoms with Gasteiger partial charge in [-0.3, -0.25) is 24.6 Å². The Bertz CT molecular complexity index is 1150. The van der Waals surface area contributed by atoms with E-state index in [1.165, 1.54) is 31.4 Å². The van der Waals surface area contributed by atoms with Crippen LogP contribution in [0, 0.1) is 10.1 Å². The number of thioether (sulfide) groups is 1. The SMILES string of the molecule is COC(=O)c1ccc(CN2C(=O)SC(=Cc3ccc(N4CCOCC4)c([N+](=O)[O-])c3)C2=O)o1. The largest absolute Gasteiger partial charge is 0.463 e. The molecule has 0 aliphatic carbocycles. The maximum Gasteiger partial charge on any atom is 0.373 e. The highest BCUT2D eigenvalue weighted by atomic mass is 32.2. The predicted octanol–water partition coefficient (Wildman–Crippen LogP) is 3.05. The minimum atomic E-state index is -0.669. The molecule has 33 heavy (non-hydrogen) atoms. The van der Waals surface area contributed by atoms with E-state index < -0.39 is 22.0 Å². The topological polar surface area (TPSA) is 132 Å². The first kappa shape index (κ1) is 22.6. The number of anilines is 1. The van der Waals surface area contributed by atoms with Gasteiger partial charge in [-0.15, -0.1) is 0 Å². The van der Waals surface area contributed by atoms with Crippen molar-refractivity contribution in [3.63, 3.8) is 0 Å². The molecule has 12 heteroatoms. The summed E-state index contributed by atoms with van der Waals surface area (Å²) in [5.41, 5.74) is 0.818. The van der Waals surface area contributed by atoms with Crippen molar-refractivity contribution in [2.24, 2.45) is 0 Å². The molecule has 2 aliphatic heterocycles. The van der Waals surface area contributed by atoms with Crippen molar-refractivity contribution in [2.45, 2.75) is 6.54 Å². The molecule has 2 aliphatic rings. The number of nitro benzene ring substituents is 1. The summed E-state index contributed by atoms with van der Waals surface area (Å²) in [6.07, 6.45) is 1.45. The summed E-state index contributed by atoms with van der Waals surface area (Å²) in [5, 5.41) is 11.1. The minimum Gasteiger partial charge on any atom is -0.463 e. The monoisotopic (exact) mass is 473 g/mol. The number of amides is 2. The molecule has 0 spiro atoms. The number of ether oxygens (including phenoxy) is 2. The third-order valence-corrected chi connectivity index (χ3v) is 5.99. The number of furan rings is 1. The number of morpholine rings is 1. The number of hydrogen-bond donors (Lipinski definition) is 0. The van der Waals surface area contributed by atoms with Crippen LogP contribution >= 0.6 is 11.8 Å². The van der Waals surface area contributed by atoms with E-state index in [-0.39, 0.29) is 28.7 Å². The summed E-state index contributed by atoms with van der Waals surface area (Å²) in [5.74, 6) is -1.02. The highest BCUT2D eigenvalue weighted by Crippen LogP contribution is 2.35. The molecule has 2 amide bonds. The maximum atomic E-state index is 12.8. The van der Waals surface area contributed by atoms with Gasteiger partial charge in [0.25, 0.3) is 16.8 Å². The Labute approximate surface area is 192 Å². The summed E-state index contributed by atoms with van der Waals surface area (Å²) in [6, 6.07) is 7.56. The average molecular weight is 473 g/mol. The summed E-state index contributed by atoms with van der Waals surface area (Å²) >= 11 is 0.728. The number of carbonyl (C=O) groups is 3. The molecule has 172 valence electrons. The van der Waals surface area contributed by atoms with E-state index in [1.54, 1.807) is 12.1 Å².